The third kappa shape index (κ3) is 2.35. The van der Waals surface area contributed by atoms with Gasteiger partial charge in [-0.05, 0) is 36.6 Å². The molecule has 3 N–H and O–H groups in total. The van der Waals surface area contributed by atoms with Gasteiger partial charge in [-0.3, -0.25) is 4.98 Å². The summed E-state index contributed by atoms with van der Waals surface area (Å²) >= 11 is 6.24. The first kappa shape index (κ1) is 16.3. The van der Waals surface area contributed by atoms with E-state index in [1.165, 1.54) is 23.8 Å². The number of aromatic nitrogens is 2. The van der Waals surface area contributed by atoms with Gasteiger partial charge in [-0.25, -0.2) is 4.39 Å². The fourth-order valence-corrected chi connectivity index (χ4v) is 4.41. The van der Waals surface area contributed by atoms with E-state index in [4.69, 9.17) is 11.6 Å². The van der Waals surface area contributed by atoms with E-state index < -0.39 is 5.82 Å². The van der Waals surface area contributed by atoms with Gasteiger partial charge >= 0.3 is 0 Å². The Morgan fingerprint density at radius 3 is 2.59 bits per heavy atom. The molecule has 2 aromatic heterocycles. The Kier molecular flexibility index (Phi) is 3.49. The number of para-hydroxylation sites is 1. The Morgan fingerprint density at radius 2 is 1.81 bits per heavy atom. The number of aromatic hydroxyl groups is 2. The molecule has 0 saturated carbocycles. The predicted molar refractivity (Wildman–Crippen MR) is 104 cm³/mol. The summed E-state index contributed by atoms with van der Waals surface area (Å²) in [6.45, 7) is 0.900. The topological polar surface area (TPSA) is 61.2 Å². The van der Waals surface area contributed by atoms with E-state index in [9.17, 15) is 14.6 Å². The SMILES string of the molecule is Oc1[nH]c(O)c(-c2cn3c4c(cccc24)CCC3)c1-c1ccc(F)cc1Cl. The van der Waals surface area contributed by atoms with E-state index in [0.29, 0.717) is 16.7 Å². The molecule has 0 unspecified atom stereocenters. The van der Waals surface area contributed by atoms with Crippen LogP contribution in [0.4, 0.5) is 4.39 Å². The Balaban J connectivity index is 1.84. The maximum Gasteiger partial charge on any atom is 0.200 e. The third-order valence-electron chi connectivity index (χ3n) is 5.26. The summed E-state index contributed by atoms with van der Waals surface area (Å²) in [5.74, 6) is -0.814. The molecule has 3 heterocycles. The van der Waals surface area contributed by atoms with Crippen molar-refractivity contribution in [2.45, 2.75) is 19.4 Å². The van der Waals surface area contributed by atoms with Crippen molar-refractivity contribution in [3.63, 3.8) is 0 Å². The number of benzene rings is 2. The number of halogens is 2. The summed E-state index contributed by atoms with van der Waals surface area (Å²) in [5.41, 5.74) is 4.50. The lowest BCUT2D eigenvalue weighted by molar-refractivity contribution is 0.426. The molecule has 0 radical (unpaired) electrons. The maximum atomic E-state index is 13.5. The Labute approximate surface area is 159 Å². The van der Waals surface area contributed by atoms with Crippen LogP contribution in [0.25, 0.3) is 33.2 Å². The molecule has 2 aromatic carbocycles. The second kappa shape index (κ2) is 5.79. The van der Waals surface area contributed by atoms with E-state index in [1.54, 1.807) is 0 Å². The Bertz CT molecular complexity index is 1210. The zero-order valence-corrected chi connectivity index (χ0v) is 15.0. The zero-order chi connectivity index (χ0) is 18.7. The minimum Gasteiger partial charge on any atom is -0.494 e. The highest BCUT2D eigenvalue weighted by molar-refractivity contribution is 6.33. The zero-order valence-electron chi connectivity index (χ0n) is 14.3. The molecule has 0 spiro atoms. The Hall–Kier alpha value is -2.92. The molecule has 0 fully saturated rings. The molecule has 1 aliphatic heterocycles. The maximum absolute atomic E-state index is 13.5. The summed E-state index contributed by atoms with van der Waals surface area (Å²) < 4.78 is 15.7. The molecular weight excluding hydrogens is 367 g/mol. The Morgan fingerprint density at radius 1 is 1.04 bits per heavy atom. The molecule has 1 aliphatic rings. The number of aryl methyl sites for hydroxylation is 2. The lowest BCUT2D eigenvalue weighted by Crippen LogP contribution is -2.05. The van der Waals surface area contributed by atoms with Crippen LogP contribution in [0, 0.1) is 5.82 Å². The summed E-state index contributed by atoms with van der Waals surface area (Å²) in [6.07, 6.45) is 4.07. The molecule has 0 saturated heterocycles. The van der Waals surface area contributed by atoms with Crippen LogP contribution >= 0.6 is 11.6 Å². The third-order valence-corrected chi connectivity index (χ3v) is 5.57. The highest BCUT2D eigenvalue weighted by Crippen LogP contribution is 2.49. The molecule has 4 nitrogen and oxygen atoms in total. The number of rotatable bonds is 2. The van der Waals surface area contributed by atoms with Gasteiger partial charge in [0.15, 0.2) is 11.8 Å². The first-order chi connectivity index (χ1) is 13.0. The van der Waals surface area contributed by atoms with Crippen molar-refractivity contribution in [1.82, 2.24) is 9.55 Å². The summed E-state index contributed by atoms with van der Waals surface area (Å²) in [5, 5.41) is 22.2. The van der Waals surface area contributed by atoms with E-state index >= 15 is 0 Å². The number of hydrogen-bond donors (Lipinski definition) is 3. The predicted octanol–water partition coefficient (Wildman–Crippen LogP) is 5.45. The first-order valence-corrected chi connectivity index (χ1v) is 9.13. The van der Waals surface area contributed by atoms with E-state index in [2.05, 4.69) is 15.6 Å². The minimum atomic E-state index is -0.461. The van der Waals surface area contributed by atoms with Crippen molar-refractivity contribution < 1.29 is 14.6 Å². The summed E-state index contributed by atoms with van der Waals surface area (Å²) in [4.78, 5) is 2.59. The second-order valence-electron chi connectivity index (χ2n) is 6.85. The largest absolute Gasteiger partial charge is 0.494 e. The quantitative estimate of drug-likeness (QED) is 0.431. The van der Waals surface area contributed by atoms with E-state index in [1.807, 2.05) is 18.3 Å². The summed E-state index contributed by atoms with van der Waals surface area (Å²) in [7, 11) is 0. The van der Waals surface area contributed by atoms with Gasteiger partial charge in [0.25, 0.3) is 0 Å². The van der Waals surface area contributed by atoms with Crippen LogP contribution in [0.1, 0.15) is 12.0 Å². The van der Waals surface area contributed by atoms with Gasteiger partial charge in [0.2, 0.25) is 0 Å². The van der Waals surface area contributed by atoms with E-state index in [0.717, 1.165) is 35.9 Å². The average molecular weight is 383 g/mol. The lowest BCUT2D eigenvalue weighted by atomic mass is 9.96. The molecule has 6 heteroatoms. The molecule has 0 atom stereocenters. The van der Waals surface area contributed by atoms with Gasteiger partial charge in [0.05, 0.1) is 21.7 Å². The molecule has 5 rings (SSSR count). The van der Waals surface area contributed by atoms with Crippen molar-refractivity contribution in [1.29, 1.82) is 0 Å². The smallest absolute Gasteiger partial charge is 0.200 e. The van der Waals surface area contributed by atoms with Gasteiger partial charge in [0.1, 0.15) is 5.82 Å². The van der Waals surface area contributed by atoms with Crippen molar-refractivity contribution in [3.05, 3.63) is 59.0 Å². The molecule has 27 heavy (non-hydrogen) atoms. The second-order valence-corrected chi connectivity index (χ2v) is 7.26. The van der Waals surface area contributed by atoms with Crippen molar-refractivity contribution in [2.24, 2.45) is 0 Å². The fraction of sp³-hybridized carbons (Fsp3) is 0.143. The molecule has 4 aromatic rings. The minimum absolute atomic E-state index is 0.147. The van der Waals surface area contributed by atoms with Gasteiger partial charge in [-0.2, -0.15) is 0 Å². The van der Waals surface area contributed by atoms with Crippen LogP contribution < -0.4 is 0 Å². The van der Waals surface area contributed by atoms with Crippen LogP contribution in [0.2, 0.25) is 5.02 Å². The van der Waals surface area contributed by atoms with Crippen LogP contribution in [0.5, 0.6) is 11.8 Å². The van der Waals surface area contributed by atoms with Gasteiger partial charge in [-0.1, -0.05) is 29.8 Å². The number of nitrogens with zero attached hydrogens (tertiary/aromatic N) is 1. The first-order valence-electron chi connectivity index (χ1n) is 8.75. The summed E-state index contributed by atoms with van der Waals surface area (Å²) in [6, 6.07) is 10.1. The standard InChI is InChI=1S/C21H16ClFN2O2/c22-16-9-12(23)6-7-14(16)17-18(21(27)24-20(17)26)15-10-25-8-2-4-11-3-1-5-13(15)19(11)25/h1,3,5-7,9-10,24,26-27H,2,4,8H2. The van der Waals surface area contributed by atoms with Crippen molar-refractivity contribution >= 4 is 22.5 Å². The van der Waals surface area contributed by atoms with Crippen LogP contribution in [-0.4, -0.2) is 19.8 Å². The van der Waals surface area contributed by atoms with Crippen molar-refractivity contribution in [2.75, 3.05) is 0 Å². The van der Waals surface area contributed by atoms with E-state index in [-0.39, 0.29) is 16.8 Å². The van der Waals surface area contributed by atoms with Crippen LogP contribution in [-0.2, 0) is 13.0 Å². The van der Waals surface area contributed by atoms with Gasteiger partial charge < -0.3 is 14.8 Å². The average Bonchev–Trinajstić information content (AvgIpc) is 3.14. The molecule has 0 bridgehead atoms. The fourth-order valence-electron chi connectivity index (χ4n) is 4.15. The molecular formula is C21H16ClFN2O2. The number of aromatic amines is 1. The normalized spacial score (nSPS) is 13.4. The van der Waals surface area contributed by atoms with Crippen molar-refractivity contribution in [3.8, 4) is 34.0 Å². The number of hydrogen-bond acceptors (Lipinski definition) is 2. The van der Waals surface area contributed by atoms with Crippen LogP contribution in [0.3, 0.4) is 0 Å². The molecule has 0 amide bonds. The molecule has 136 valence electrons. The molecule has 0 aliphatic carbocycles. The highest BCUT2D eigenvalue weighted by Gasteiger charge is 2.26. The van der Waals surface area contributed by atoms with Gasteiger partial charge in [-0.15, -0.1) is 0 Å². The monoisotopic (exact) mass is 382 g/mol. The van der Waals surface area contributed by atoms with Crippen LogP contribution in [0.15, 0.2) is 42.6 Å². The number of H-pyrrole nitrogens is 1. The van der Waals surface area contributed by atoms with Gasteiger partial charge in [0, 0.05) is 29.3 Å². The number of nitrogens with one attached hydrogen (secondary N) is 1. The highest BCUT2D eigenvalue weighted by atomic mass is 35.5. The lowest BCUT2D eigenvalue weighted by Gasteiger charge is -2.14.